The van der Waals surface area contributed by atoms with E-state index in [9.17, 15) is 9.59 Å². The summed E-state index contributed by atoms with van der Waals surface area (Å²) >= 11 is 5.85. The van der Waals surface area contributed by atoms with Gasteiger partial charge in [-0.2, -0.15) is 4.99 Å². The lowest BCUT2D eigenvalue weighted by molar-refractivity contribution is 0.100. The average Bonchev–Trinajstić information content (AvgIpc) is 2.27. The molecular formula is C13H18ClN5O2. The maximum absolute atomic E-state index is 11.9. The third-order valence-corrected chi connectivity index (χ3v) is 2.41. The molecule has 21 heavy (non-hydrogen) atoms. The van der Waals surface area contributed by atoms with Crippen LogP contribution in [-0.2, 0) is 0 Å². The second-order valence-corrected chi connectivity index (χ2v) is 5.80. The smallest absolute Gasteiger partial charge is 0.319 e. The molecule has 6 N–H and O–H groups in total. The van der Waals surface area contributed by atoms with Gasteiger partial charge >= 0.3 is 6.03 Å². The van der Waals surface area contributed by atoms with Crippen LogP contribution in [0.1, 0.15) is 31.1 Å². The Labute approximate surface area is 127 Å². The van der Waals surface area contributed by atoms with Crippen molar-refractivity contribution in [1.82, 2.24) is 5.32 Å². The van der Waals surface area contributed by atoms with Gasteiger partial charge in [0.1, 0.15) is 0 Å². The number of nitrogens with zero attached hydrogens (tertiary/aromatic N) is 1. The minimum atomic E-state index is -0.691. The number of rotatable bonds is 2. The Kier molecular flexibility index (Phi) is 5.15. The zero-order valence-electron chi connectivity index (χ0n) is 12.0. The largest absolute Gasteiger partial charge is 0.370 e. The zero-order chi connectivity index (χ0) is 16.2. The number of amides is 3. The van der Waals surface area contributed by atoms with E-state index in [1.165, 1.54) is 12.1 Å². The second-order valence-electron chi connectivity index (χ2n) is 5.36. The number of nitrogens with one attached hydrogen (secondary N) is 2. The van der Waals surface area contributed by atoms with Crippen molar-refractivity contribution in [2.45, 2.75) is 26.3 Å². The minimum Gasteiger partial charge on any atom is -0.370 e. The van der Waals surface area contributed by atoms with Crippen LogP contribution in [0.3, 0.4) is 0 Å². The van der Waals surface area contributed by atoms with Crippen LogP contribution in [-0.4, -0.2) is 23.4 Å². The van der Waals surface area contributed by atoms with Crippen molar-refractivity contribution in [1.29, 1.82) is 0 Å². The fourth-order valence-electron chi connectivity index (χ4n) is 1.47. The van der Waals surface area contributed by atoms with Gasteiger partial charge in [0.05, 0.1) is 11.3 Å². The first-order valence-corrected chi connectivity index (χ1v) is 6.49. The van der Waals surface area contributed by atoms with Crippen molar-refractivity contribution in [3.8, 4) is 0 Å². The SMILES string of the molecule is CC(C)(C)NC(=O)Nc1ccc(Cl)cc1C(=O)N=C(N)N. The van der Waals surface area contributed by atoms with Crippen LogP contribution in [0.2, 0.25) is 5.02 Å². The van der Waals surface area contributed by atoms with E-state index in [0.29, 0.717) is 5.02 Å². The number of guanidine groups is 1. The molecule has 0 radical (unpaired) electrons. The number of carbonyl (C=O) groups is 2. The Bertz CT molecular complexity index is 589. The molecule has 0 saturated heterocycles. The van der Waals surface area contributed by atoms with Crippen molar-refractivity contribution in [2.24, 2.45) is 16.5 Å². The van der Waals surface area contributed by atoms with Crippen LogP contribution >= 0.6 is 11.6 Å². The molecule has 1 rings (SSSR count). The Morgan fingerprint density at radius 3 is 2.38 bits per heavy atom. The lowest BCUT2D eigenvalue weighted by Crippen LogP contribution is -2.43. The van der Waals surface area contributed by atoms with Crippen LogP contribution in [0.25, 0.3) is 0 Å². The zero-order valence-corrected chi connectivity index (χ0v) is 12.8. The summed E-state index contributed by atoms with van der Waals surface area (Å²) in [6.07, 6.45) is 0. The number of carbonyl (C=O) groups excluding carboxylic acids is 2. The summed E-state index contributed by atoms with van der Waals surface area (Å²) in [7, 11) is 0. The Balaban J connectivity index is 3.05. The maximum Gasteiger partial charge on any atom is 0.319 e. The molecule has 7 nitrogen and oxygen atoms in total. The lowest BCUT2D eigenvalue weighted by Gasteiger charge is -2.21. The minimum absolute atomic E-state index is 0.0972. The molecule has 0 fully saturated rings. The summed E-state index contributed by atoms with van der Waals surface area (Å²) < 4.78 is 0. The molecule has 0 aliphatic rings. The number of anilines is 1. The van der Waals surface area contributed by atoms with Gasteiger partial charge in [-0.1, -0.05) is 11.6 Å². The number of hydrogen-bond acceptors (Lipinski definition) is 2. The Morgan fingerprint density at radius 1 is 1.24 bits per heavy atom. The number of benzene rings is 1. The molecule has 0 bridgehead atoms. The molecule has 0 aliphatic heterocycles. The molecule has 8 heteroatoms. The second kappa shape index (κ2) is 6.45. The normalized spacial score (nSPS) is 10.7. The third kappa shape index (κ3) is 5.70. The number of halogens is 1. The van der Waals surface area contributed by atoms with Crippen molar-refractivity contribution in [2.75, 3.05) is 5.32 Å². The first-order valence-electron chi connectivity index (χ1n) is 6.11. The molecule has 3 amide bonds. The molecule has 0 heterocycles. The van der Waals surface area contributed by atoms with Crippen LogP contribution in [0.15, 0.2) is 23.2 Å². The van der Waals surface area contributed by atoms with E-state index in [1.54, 1.807) is 6.07 Å². The van der Waals surface area contributed by atoms with Crippen LogP contribution in [0, 0.1) is 0 Å². The van der Waals surface area contributed by atoms with Crippen LogP contribution in [0.4, 0.5) is 10.5 Å². The van der Waals surface area contributed by atoms with Gasteiger partial charge in [-0.3, -0.25) is 4.79 Å². The van der Waals surface area contributed by atoms with E-state index >= 15 is 0 Å². The average molecular weight is 312 g/mol. The van der Waals surface area contributed by atoms with Gasteiger partial charge in [0, 0.05) is 10.6 Å². The Morgan fingerprint density at radius 2 is 1.86 bits per heavy atom. The van der Waals surface area contributed by atoms with Gasteiger partial charge in [0.2, 0.25) is 0 Å². The predicted molar refractivity (Wildman–Crippen MR) is 83.5 cm³/mol. The van der Waals surface area contributed by atoms with E-state index in [1.807, 2.05) is 20.8 Å². The van der Waals surface area contributed by atoms with Crippen molar-refractivity contribution in [3.05, 3.63) is 28.8 Å². The molecule has 1 aromatic rings. The quantitative estimate of drug-likeness (QED) is 0.490. The highest BCUT2D eigenvalue weighted by atomic mass is 35.5. The molecule has 114 valence electrons. The highest BCUT2D eigenvalue weighted by Crippen LogP contribution is 2.21. The molecular weight excluding hydrogens is 294 g/mol. The van der Waals surface area contributed by atoms with Gasteiger partial charge in [-0.25, -0.2) is 4.79 Å². The molecule has 1 aromatic carbocycles. The maximum atomic E-state index is 11.9. The topological polar surface area (TPSA) is 123 Å². The number of urea groups is 1. The number of hydrogen-bond donors (Lipinski definition) is 4. The van der Waals surface area contributed by atoms with Crippen molar-refractivity contribution < 1.29 is 9.59 Å². The standard InChI is InChI=1S/C13H18ClN5O2/c1-13(2,3)19-12(21)17-9-5-4-7(14)6-8(9)10(20)18-11(15)16/h4-6H,1-3H3,(H2,17,19,21)(H4,15,16,18,20). The third-order valence-electron chi connectivity index (χ3n) is 2.18. The fourth-order valence-corrected chi connectivity index (χ4v) is 1.65. The summed E-state index contributed by atoms with van der Waals surface area (Å²) in [5.74, 6) is -1.06. The van der Waals surface area contributed by atoms with Gasteiger partial charge in [0.25, 0.3) is 5.91 Å². The van der Waals surface area contributed by atoms with Gasteiger partial charge in [0.15, 0.2) is 5.96 Å². The fraction of sp³-hybridized carbons (Fsp3) is 0.308. The summed E-state index contributed by atoms with van der Waals surface area (Å²) in [5.41, 5.74) is 10.3. The Hall–Kier alpha value is -2.28. The van der Waals surface area contributed by atoms with Crippen molar-refractivity contribution in [3.63, 3.8) is 0 Å². The molecule has 0 aliphatic carbocycles. The molecule has 0 spiro atoms. The molecule has 0 aromatic heterocycles. The number of nitrogens with two attached hydrogens (primary N) is 2. The number of aliphatic imine (C=N–C) groups is 1. The van der Waals surface area contributed by atoms with E-state index in [-0.39, 0.29) is 17.2 Å². The predicted octanol–water partition coefficient (Wildman–Crippen LogP) is 1.67. The van der Waals surface area contributed by atoms with Gasteiger partial charge in [-0.05, 0) is 39.0 Å². The molecule has 0 saturated carbocycles. The monoisotopic (exact) mass is 311 g/mol. The molecule has 0 unspecified atom stereocenters. The van der Waals surface area contributed by atoms with E-state index in [0.717, 1.165) is 0 Å². The summed E-state index contributed by atoms with van der Waals surface area (Å²) in [6, 6.07) is 3.97. The van der Waals surface area contributed by atoms with Crippen LogP contribution in [0.5, 0.6) is 0 Å². The first kappa shape index (κ1) is 16.8. The van der Waals surface area contributed by atoms with Gasteiger partial charge in [-0.15, -0.1) is 0 Å². The van der Waals surface area contributed by atoms with E-state index < -0.39 is 17.5 Å². The van der Waals surface area contributed by atoms with Gasteiger partial charge < -0.3 is 22.1 Å². The summed E-state index contributed by atoms with van der Waals surface area (Å²) in [6.45, 7) is 5.50. The summed E-state index contributed by atoms with van der Waals surface area (Å²) in [4.78, 5) is 27.2. The lowest BCUT2D eigenvalue weighted by atomic mass is 10.1. The molecule has 0 atom stereocenters. The summed E-state index contributed by atoms with van der Waals surface area (Å²) in [5, 5.41) is 5.60. The van der Waals surface area contributed by atoms with E-state index in [4.69, 9.17) is 23.1 Å². The highest BCUT2D eigenvalue weighted by molar-refractivity contribution is 6.31. The van der Waals surface area contributed by atoms with Crippen LogP contribution < -0.4 is 22.1 Å². The highest BCUT2D eigenvalue weighted by Gasteiger charge is 2.17. The first-order chi connectivity index (χ1) is 9.58. The van der Waals surface area contributed by atoms with Crippen molar-refractivity contribution >= 4 is 35.2 Å². The van der Waals surface area contributed by atoms with E-state index in [2.05, 4.69) is 15.6 Å².